The summed E-state index contributed by atoms with van der Waals surface area (Å²) in [6.45, 7) is 1.39. The molecule has 168 valence electrons. The number of halogens is 4. The van der Waals surface area contributed by atoms with E-state index in [4.69, 9.17) is 0 Å². The minimum atomic E-state index is -4.83. The van der Waals surface area contributed by atoms with Gasteiger partial charge in [0.05, 0.1) is 15.9 Å². The standard InChI is InChI=1S/C21H22F4N2O3S/c1-20(19(28)26-13-15-6-4-7-16(22)12-15)10-5-11-27(14-20)31(29,30)18-9-3-2-8-17(18)21(23,24)25/h2-4,6-9,12H,5,10-11,13-14H2,1H3,(H,26,28)/t20-/m1/s1. The largest absolute Gasteiger partial charge is 0.417 e. The summed E-state index contributed by atoms with van der Waals surface area (Å²) in [7, 11) is -4.47. The Kier molecular flexibility index (Phi) is 6.43. The van der Waals surface area contributed by atoms with Crippen LogP contribution in [0.15, 0.2) is 53.4 Å². The number of nitrogens with zero attached hydrogens (tertiary/aromatic N) is 1. The van der Waals surface area contributed by atoms with Gasteiger partial charge in [0.25, 0.3) is 0 Å². The van der Waals surface area contributed by atoms with Crippen LogP contribution < -0.4 is 5.32 Å². The predicted molar refractivity (Wildman–Crippen MR) is 106 cm³/mol. The number of nitrogens with one attached hydrogen (secondary N) is 1. The minimum Gasteiger partial charge on any atom is -0.352 e. The maximum atomic E-state index is 13.3. The third-order valence-corrected chi connectivity index (χ3v) is 7.27. The fraction of sp³-hybridized carbons (Fsp3) is 0.381. The Morgan fingerprint density at radius 2 is 1.87 bits per heavy atom. The summed E-state index contributed by atoms with van der Waals surface area (Å²) >= 11 is 0. The highest BCUT2D eigenvalue weighted by atomic mass is 32.2. The zero-order valence-corrected chi connectivity index (χ0v) is 17.6. The van der Waals surface area contributed by atoms with Crippen molar-refractivity contribution in [3.63, 3.8) is 0 Å². The van der Waals surface area contributed by atoms with Crippen LogP contribution in [0.25, 0.3) is 0 Å². The number of carbonyl (C=O) groups is 1. The van der Waals surface area contributed by atoms with Gasteiger partial charge in [0.15, 0.2) is 0 Å². The second kappa shape index (κ2) is 8.58. The molecular formula is C21H22F4N2O3S. The molecule has 0 aromatic heterocycles. The maximum Gasteiger partial charge on any atom is 0.417 e. The Morgan fingerprint density at radius 1 is 1.16 bits per heavy atom. The summed E-state index contributed by atoms with van der Waals surface area (Å²) in [5, 5.41) is 2.68. The molecule has 2 aromatic carbocycles. The molecule has 0 saturated carbocycles. The summed E-state index contributed by atoms with van der Waals surface area (Å²) in [6, 6.07) is 9.70. The lowest BCUT2D eigenvalue weighted by atomic mass is 9.82. The first-order valence-electron chi connectivity index (χ1n) is 9.63. The van der Waals surface area contributed by atoms with Crippen LogP contribution in [-0.4, -0.2) is 31.7 Å². The van der Waals surface area contributed by atoms with Gasteiger partial charge in [-0.3, -0.25) is 4.79 Å². The van der Waals surface area contributed by atoms with Crippen LogP contribution >= 0.6 is 0 Å². The molecule has 1 aliphatic heterocycles. The Labute approximate surface area is 178 Å². The van der Waals surface area contributed by atoms with E-state index >= 15 is 0 Å². The highest BCUT2D eigenvalue weighted by Crippen LogP contribution is 2.38. The molecule has 10 heteroatoms. The molecule has 0 spiro atoms. The Bertz CT molecular complexity index is 1070. The van der Waals surface area contributed by atoms with Gasteiger partial charge in [0.1, 0.15) is 5.82 Å². The van der Waals surface area contributed by atoms with Gasteiger partial charge in [-0.05, 0) is 49.6 Å². The first-order chi connectivity index (χ1) is 14.4. The van der Waals surface area contributed by atoms with E-state index in [-0.39, 0.29) is 19.6 Å². The molecule has 0 radical (unpaired) electrons. The summed E-state index contributed by atoms with van der Waals surface area (Å²) in [5.41, 5.74) is -1.83. The highest BCUT2D eigenvalue weighted by Gasteiger charge is 2.44. The SMILES string of the molecule is C[C@@]1(C(=O)NCc2cccc(F)c2)CCCN(S(=O)(=O)c2ccccc2C(F)(F)F)C1. The van der Waals surface area contributed by atoms with Gasteiger partial charge in [-0.15, -0.1) is 0 Å². The van der Waals surface area contributed by atoms with E-state index < -0.39 is 43.8 Å². The van der Waals surface area contributed by atoms with Gasteiger partial charge in [-0.2, -0.15) is 17.5 Å². The molecule has 1 atom stereocenters. The number of hydrogen-bond acceptors (Lipinski definition) is 3. The molecule has 0 bridgehead atoms. The smallest absolute Gasteiger partial charge is 0.352 e. The summed E-state index contributed by atoms with van der Waals surface area (Å²) < 4.78 is 80.3. The molecule has 31 heavy (non-hydrogen) atoms. The predicted octanol–water partition coefficient (Wildman–Crippen LogP) is 3.95. The molecule has 1 amide bonds. The molecule has 1 saturated heterocycles. The molecule has 2 aromatic rings. The first kappa shape index (κ1) is 23.2. The second-order valence-corrected chi connectivity index (χ2v) is 9.72. The number of alkyl halides is 3. The Morgan fingerprint density at radius 3 is 2.55 bits per heavy atom. The van der Waals surface area contributed by atoms with Crippen molar-refractivity contribution in [2.75, 3.05) is 13.1 Å². The van der Waals surface area contributed by atoms with Gasteiger partial charge in [-0.25, -0.2) is 12.8 Å². The van der Waals surface area contributed by atoms with Crippen LogP contribution in [0.4, 0.5) is 17.6 Å². The third kappa shape index (κ3) is 5.07. The molecule has 3 rings (SSSR count). The molecule has 1 aliphatic rings. The van der Waals surface area contributed by atoms with Crippen molar-refractivity contribution < 1.29 is 30.8 Å². The molecule has 1 N–H and O–H groups in total. The van der Waals surface area contributed by atoms with Gasteiger partial charge in [0, 0.05) is 19.6 Å². The lowest BCUT2D eigenvalue weighted by Crippen LogP contribution is -2.51. The van der Waals surface area contributed by atoms with E-state index in [2.05, 4.69) is 5.32 Å². The number of benzene rings is 2. The number of amides is 1. The number of hydrogen-bond donors (Lipinski definition) is 1. The lowest BCUT2D eigenvalue weighted by Gasteiger charge is -2.38. The average Bonchev–Trinajstić information content (AvgIpc) is 2.71. The third-order valence-electron chi connectivity index (χ3n) is 5.36. The van der Waals surface area contributed by atoms with Crippen molar-refractivity contribution in [2.45, 2.75) is 37.4 Å². The van der Waals surface area contributed by atoms with Crippen molar-refractivity contribution in [3.05, 3.63) is 65.5 Å². The van der Waals surface area contributed by atoms with Crippen molar-refractivity contribution in [1.82, 2.24) is 9.62 Å². The molecule has 0 unspecified atom stereocenters. The van der Waals surface area contributed by atoms with E-state index in [9.17, 15) is 30.8 Å². The van der Waals surface area contributed by atoms with Crippen LogP contribution in [0, 0.1) is 11.2 Å². The van der Waals surface area contributed by atoms with Gasteiger partial charge in [-0.1, -0.05) is 24.3 Å². The van der Waals surface area contributed by atoms with E-state index in [1.807, 2.05) is 0 Å². The summed E-state index contributed by atoms with van der Waals surface area (Å²) in [4.78, 5) is 12.0. The molecule has 0 aliphatic carbocycles. The monoisotopic (exact) mass is 458 g/mol. The Balaban J connectivity index is 1.80. The number of rotatable bonds is 5. The zero-order valence-electron chi connectivity index (χ0n) is 16.7. The maximum absolute atomic E-state index is 13.3. The molecular weight excluding hydrogens is 436 g/mol. The van der Waals surface area contributed by atoms with Crippen molar-refractivity contribution >= 4 is 15.9 Å². The number of carbonyl (C=O) groups excluding carboxylic acids is 1. The van der Waals surface area contributed by atoms with Crippen molar-refractivity contribution in [1.29, 1.82) is 0 Å². The zero-order chi connectivity index (χ0) is 22.9. The number of piperidine rings is 1. The van der Waals surface area contributed by atoms with Gasteiger partial charge >= 0.3 is 6.18 Å². The second-order valence-electron chi connectivity index (χ2n) is 7.81. The molecule has 5 nitrogen and oxygen atoms in total. The quantitative estimate of drug-likeness (QED) is 0.690. The topological polar surface area (TPSA) is 66.5 Å². The Hall–Kier alpha value is -2.46. The van der Waals surface area contributed by atoms with E-state index in [0.29, 0.717) is 18.4 Å². The molecule has 1 heterocycles. The van der Waals surface area contributed by atoms with Gasteiger partial charge in [0.2, 0.25) is 15.9 Å². The number of sulfonamides is 1. The van der Waals surface area contributed by atoms with E-state index in [1.54, 1.807) is 13.0 Å². The van der Waals surface area contributed by atoms with E-state index in [0.717, 1.165) is 22.5 Å². The molecule has 1 fully saturated rings. The van der Waals surface area contributed by atoms with Crippen molar-refractivity contribution in [2.24, 2.45) is 5.41 Å². The lowest BCUT2D eigenvalue weighted by molar-refractivity contribution is -0.140. The summed E-state index contributed by atoms with van der Waals surface area (Å²) in [5.74, 6) is -0.892. The van der Waals surface area contributed by atoms with E-state index in [1.165, 1.54) is 24.3 Å². The van der Waals surface area contributed by atoms with Gasteiger partial charge < -0.3 is 5.32 Å². The van der Waals surface area contributed by atoms with Crippen LogP contribution in [0.1, 0.15) is 30.9 Å². The fourth-order valence-corrected chi connectivity index (χ4v) is 5.51. The average molecular weight is 458 g/mol. The fourth-order valence-electron chi connectivity index (χ4n) is 3.69. The van der Waals surface area contributed by atoms with Crippen LogP contribution in [0.2, 0.25) is 0 Å². The van der Waals surface area contributed by atoms with Crippen LogP contribution in [0.5, 0.6) is 0 Å². The first-order valence-corrected chi connectivity index (χ1v) is 11.1. The normalized spacial score (nSPS) is 20.4. The van der Waals surface area contributed by atoms with Crippen LogP contribution in [0.3, 0.4) is 0 Å². The van der Waals surface area contributed by atoms with Crippen LogP contribution in [-0.2, 0) is 27.5 Å². The van der Waals surface area contributed by atoms with Crippen molar-refractivity contribution in [3.8, 4) is 0 Å². The minimum absolute atomic E-state index is 0.0152. The summed E-state index contributed by atoms with van der Waals surface area (Å²) in [6.07, 6.45) is -4.14. The highest BCUT2D eigenvalue weighted by molar-refractivity contribution is 7.89.